The van der Waals surface area contributed by atoms with Crippen LogP contribution < -0.4 is 9.62 Å². The van der Waals surface area contributed by atoms with Gasteiger partial charge in [0.2, 0.25) is 5.91 Å². The molecular formula is C23H21Cl2FN2O3S. The maximum absolute atomic E-state index is 13.3. The minimum atomic E-state index is -4.04. The molecule has 3 aromatic carbocycles. The van der Waals surface area contributed by atoms with Crippen LogP contribution in [0.15, 0.2) is 77.7 Å². The molecule has 0 aliphatic rings. The van der Waals surface area contributed by atoms with Crippen LogP contribution in [0.5, 0.6) is 0 Å². The van der Waals surface area contributed by atoms with Crippen LogP contribution in [0.3, 0.4) is 0 Å². The van der Waals surface area contributed by atoms with E-state index < -0.39 is 22.5 Å². The Labute approximate surface area is 196 Å². The Morgan fingerprint density at radius 1 is 0.938 bits per heavy atom. The first-order chi connectivity index (χ1) is 15.3. The molecule has 0 atom stereocenters. The summed E-state index contributed by atoms with van der Waals surface area (Å²) in [7, 11) is -4.04. The average molecular weight is 495 g/mol. The van der Waals surface area contributed by atoms with Crippen LogP contribution in [0, 0.1) is 5.82 Å². The topological polar surface area (TPSA) is 66.5 Å². The van der Waals surface area contributed by atoms with Gasteiger partial charge in [-0.25, -0.2) is 12.8 Å². The predicted octanol–water partition coefficient (Wildman–Crippen LogP) is 5.08. The summed E-state index contributed by atoms with van der Waals surface area (Å²) in [5, 5.41) is 3.23. The van der Waals surface area contributed by atoms with E-state index in [2.05, 4.69) is 5.32 Å². The van der Waals surface area contributed by atoms with Gasteiger partial charge in [0.25, 0.3) is 10.0 Å². The smallest absolute Gasteiger partial charge is 0.264 e. The third-order valence-electron chi connectivity index (χ3n) is 4.63. The lowest BCUT2D eigenvalue weighted by Gasteiger charge is -2.24. The molecular weight excluding hydrogens is 474 g/mol. The first-order valence-corrected chi connectivity index (χ1v) is 12.0. The van der Waals surface area contributed by atoms with Gasteiger partial charge in [-0.1, -0.05) is 53.5 Å². The predicted molar refractivity (Wildman–Crippen MR) is 125 cm³/mol. The van der Waals surface area contributed by atoms with E-state index in [0.717, 1.165) is 9.87 Å². The van der Waals surface area contributed by atoms with Crippen LogP contribution in [0.1, 0.15) is 12.0 Å². The minimum absolute atomic E-state index is 0.0419. The molecule has 0 bridgehead atoms. The van der Waals surface area contributed by atoms with Crippen LogP contribution in [0.4, 0.5) is 10.1 Å². The Bertz CT molecular complexity index is 1150. The van der Waals surface area contributed by atoms with Gasteiger partial charge >= 0.3 is 0 Å². The second-order valence-corrected chi connectivity index (χ2v) is 9.77. The number of hydrogen-bond donors (Lipinski definition) is 1. The number of carbonyl (C=O) groups is 1. The molecule has 0 unspecified atom stereocenters. The normalized spacial score (nSPS) is 11.2. The number of nitrogens with zero attached hydrogens (tertiary/aromatic N) is 1. The zero-order valence-electron chi connectivity index (χ0n) is 17.0. The van der Waals surface area contributed by atoms with Gasteiger partial charge in [-0.2, -0.15) is 0 Å². The summed E-state index contributed by atoms with van der Waals surface area (Å²) in [6.45, 7) is -0.101. The number of rotatable bonds is 9. The molecule has 168 valence electrons. The van der Waals surface area contributed by atoms with Gasteiger partial charge in [-0.05, 0) is 60.9 Å². The third kappa shape index (κ3) is 6.45. The number of nitrogens with one attached hydrogen (secondary N) is 1. The molecule has 0 spiro atoms. The van der Waals surface area contributed by atoms with Crippen LogP contribution in [0.25, 0.3) is 0 Å². The summed E-state index contributed by atoms with van der Waals surface area (Å²) in [6, 6.07) is 18.3. The quantitative estimate of drug-likeness (QED) is 0.422. The highest BCUT2D eigenvalue weighted by Gasteiger charge is 2.27. The molecule has 0 saturated carbocycles. The van der Waals surface area contributed by atoms with E-state index in [1.165, 1.54) is 42.5 Å². The van der Waals surface area contributed by atoms with Gasteiger partial charge in [0.15, 0.2) is 0 Å². The van der Waals surface area contributed by atoms with Crippen molar-refractivity contribution in [1.82, 2.24) is 5.32 Å². The molecule has 0 fully saturated rings. The second kappa shape index (κ2) is 10.8. The lowest BCUT2D eigenvalue weighted by molar-refractivity contribution is -0.119. The molecule has 3 rings (SSSR count). The van der Waals surface area contributed by atoms with Gasteiger partial charge in [-0.3, -0.25) is 9.10 Å². The molecule has 32 heavy (non-hydrogen) atoms. The van der Waals surface area contributed by atoms with Crippen molar-refractivity contribution in [3.8, 4) is 0 Å². The SMILES string of the molecule is O=C(CN(c1cc(Cl)cc(Cl)c1)S(=O)(=O)c1ccccc1)NCCCc1ccc(F)cc1. The highest BCUT2D eigenvalue weighted by Crippen LogP contribution is 2.29. The van der Waals surface area contributed by atoms with Gasteiger partial charge in [-0.15, -0.1) is 0 Å². The molecule has 0 aliphatic heterocycles. The summed E-state index contributed by atoms with van der Waals surface area (Å²) in [4.78, 5) is 12.6. The lowest BCUT2D eigenvalue weighted by Crippen LogP contribution is -2.41. The fourth-order valence-corrected chi connectivity index (χ4v) is 5.02. The Kier molecular flexibility index (Phi) is 8.12. The number of sulfonamides is 1. The van der Waals surface area contributed by atoms with E-state index in [1.54, 1.807) is 30.3 Å². The summed E-state index contributed by atoms with van der Waals surface area (Å²) in [5.74, 6) is -0.775. The molecule has 9 heteroatoms. The van der Waals surface area contributed by atoms with E-state index >= 15 is 0 Å². The number of aryl methyl sites for hydroxylation is 1. The monoisotopic (exact) mass is 494 g/mol. The number of anilines is 1. The molecule has 3 aromatic rings. The Hall–Kier alpha value is -2.61. The lowest BCUT2D eigenvalue weighted by atomic mass is 10.1. The average Bonchev–Trinajstić information content (AvgIpc) is 2.76. The Morgan fingerprint density at radius 3 is 2.19 bits per heavy atom. The van der Waals surface area contributed by atoms with Crippen LogP contribution >= 0.6 is 23.2 Å². The summed E-state index contributed by atoms with van der Waals surface area (Å²) >= 11 is 12.1. The number of carbonyl (C=O) groups excluding carboxylic acids is 1. The Balaban J connectivity index is 1.72. The zero-order valence-corrected chi connectivity index (χ0v) is 19.3. The van der Waals surface area contributed by atoms with Gasteiger partial charge in [0.1, 0.15) is 12.4 Å². The van der Waals surface area contributed by atoms with E-state index in [9.17, 15) is 17.6 Å². The fraction of sp³-hybridized carbons (Fsp3) is 0.174. The van der Waals surface area contributed by atoms with Crippen molar-refractivity contribution in [1.29, 1.82) is 0 Å². The van der Waals surface area contributed by atoms with Gasteiger partial charge in [0, 0.05) is 16.6 Å². The number of halogens is 3. The van der Waals surface area contributed by atoms with Crippen molar-refractivity contribution >= 4 is 44.8 Å². The van der Waals surface area contributed by atoms with E-state index in [-0.39, 0.29) is 26.4 Å². The molecule has 0 aliphatic carbocycles. The first-order valence-electron chi connectivity index (χ1n) is 9.81. The second-order valence-electron chi connectivity index (χ2n) is 7.03. The molecule has 0 saturated heterocycles. The first kappa shape index (κ1) is 24.0. The maximum atomic E-state index is 13.3. The number of amides is 1. The third-order valence-corrected chi connectivity index (χ3v) is 6.86. The largest absolute Gasteiger partial charge is 0.355 e. The highest BCUT2D eigenvalue weighted by atomic mass is 35.5. The summed E-state index contributed by atoms with van der Waals surface area (Å²) in [5.41, 5.74) is 1.13. The molecule has 0 heterocycles. The standard InChI is InChI=1S/C23H21Cl2FN2O3S/c24-18-13-19(25)15-21(14-18)28(32(30,31)22-6-2-1-3-7-22)16-23(29)27-12-4-5-17-8-10-20(26)11-9-17/h1-3,6-11,13-15H,4-5,12,16H2,(H,27,29). The van der Waals surface area contributed by atoms with E-state index in [0.29, 0.717) is 19.4 Å². The Morgan fingerprint density at radius 2 is 1.56 bits per heavy atom. The van der Waals surface area contributed by atoms with Crippen molar-refractivity contribution in [2.45, 2.75) is 17.7 Å². The number of hydrogen-bond acceptors (Lipinski definition) is 3. The molecule has 0 aromatic heterocycles. The number of benzene rings is 3. The molecule has 0 radical (unpaired) electrons. The molecule has 1 N–H and O–H groups in total. The van der Waals surface area contributed by atoms with Crippen LogP contribution in [0.2, 0.25) is 10.0 Å². The van der Waals surface area contributed by atoms with Gasteiger partial charge in [0.05, 0.1) is 10.6 Å². The summed E-state index contributed by atoms with van der Waals surface area (Å²) < 4.78 is 40.5. The van der Waals surface area contributed by atoms with Crippen LogP contribution in [-0.2, 0) is 21.2 Å². The van der Waals surface area contributed by atoms with Crippen molar-refractivity contribution < 1.29 is 17.6 Å². The van der Waals surface area contributed by atoms with E-state index in [4.69, 9.17) is 23.2 Å². The van der Waals surface area contributed by atoms with Crippen molar-refractivity contribution in [2.24, 2.45) is 0 Å². The summed E-state index contributed by atoms with van der Waals surface area (Å²) in [6.07, 6.45) is 1.27. The highest BCUT2D eigenvalue weighted by molar-refractivity contribution is 7.92. The molecule has 1 amide bonds. The van der Waals surface area contributed by atoms with Crippen molar-refractivity contribution in [3.05, 3.63) is 94.2 Å². The zero-order chi connectivity index (χ0) is 23.1. The minimum Gasteiger partial charge on any atom is -0.355 e. The van der Waals surface area contributed by atoms with Crippen LogP contribution in [-0.4, -0.2) is 27.4 Å². The molecule has 5 nitrogen and oxygen atoms in total. The fourth-order valence-electron chi connectivity index (χ4n) is 3.08. The van der Waals surface area contributed by atoms with Crippen molar-refractivity contribution in [2.75, 3.05) is 17.4 Å². The van der Waals surface area contributed by atoms with Gasteiger partial charge < -0.3 is 5.32 Å². The van der Waals surface area contributed by atoms with E-state index in [1.807, 2.05) is 0 Å². The van der Waals surface area contributed by atoms with Crippen molar-refractivity contribution in [3.63, 3.8) is 0 Å². The maximum Gasteiger partial charge on any atom is 0.264 e.